The highest BCUT2D eigenvalue weighted by molar-refractivity contribution is 5.92. The molecular formula is C27H33N5O. The minimum Gasteiger partial charge on any atom is -0.372 e. The molecule has 3 aromatic rings. The fraction of sp³-hybridized carbons (Fsp3) is 0.370. The van der Waals surface area contributed by atoms with E-state index < -0.39 is 0 Å². The van der Waals surface area contributed by atoms with Gasteiger partial charge in [0.15, 0.2) is 5.82 Å². The van der Waals surface area contributed by atoms with Gasteiger partial charge in [-0.25, -0.2) is 0 Å². The summed E-state index contributed by atoms with van der Waals surface area (Å²) in [5, 5.41) is 12.0. The quantitative estimate of drug-likeness (QED) is 0.547. The van der Waals surface area contributed by atoms with E-state index in [9.17, 15) is 4.79 Å². The number of nitrogens with one attached hydrogen (secondary N) is 1. The van der Waals surface area contributed by atoms with Gasteiger partial charge in [0.2, 0.25) is 5.91 Å². The first kappa shape index (κ1) is 22.8. The molecular weight excluding hydrogens is 410 g/mol. The standard InChI is InChI=1S/C27H33N5O/c1-4-31(5-2)23-12-10-22(11-13-23)28-27(33)21-16-18-32(19-17-21)26-15-14-25(29-30-26)24-9-7-6-8-20(24)3/h6-15,21H,4-5,16-19H2,1-3H3,(H,28,33). The lowest BCUT2D eigenvalue weighted by Gasteiger charge is -2.31. The topological polar surface area (TPSA) is 61.4 Å². The van der Waals surface area contributed by atoms with E-state index in [4.69, 9.17) is 0 Å². The van der Waals surface area contributed by atoms with Crippen LogP contribution in [0.15, 0.2) is 60.7 Å². The molecule has 1 aliphatic rings. The van der Waals surface area contributed by atoms with Crippen LogP contribution in [0.4, 0.5) is 17.2 Å². The van der Waals surface area contributed by atoms with Gasteiger partial charge in [-0.2, -0.15) is 0 Å². The fourth-order valence-electron chi connectivity index (χ4n) is 4.46. The maximum atomic E-state index is 12.8. The van der Waals surface area contributed by atoms with Crippen LogP contribution in [0.5, 0.6) is 0 Å². The number of aryl methyl sites for hydroxylation is 1. The number of benzene rings is 2. The average Bonchev–Trinajstić information content (AvgIpc) is 2.86. The van der Waals surface area contributed by atoms with Crippen molar-refractivity contribution in [1.82, 2.24) is 10.2 Å². The van der Waals surface area contributed by atoms with Gasteiger partial charge in [0.1, 0.15) is 0 Å². The zero-order chi connectivity index (χ0) is 23.2. The van der Waals surface area contributed by atoms with Crippen molar-refractivity contribution in [3.8, 4) is 11.3 Å². The van der Waals surface area contributed by atoms with E-state index in [0.717, 1.165) is 61.8 Å². The number of hydrogen-bond donors (Lipinski definition) is 1. The Hall–Kier alpha value is -3.41. The fourth-order valence-corrected chi connectivity index (χ4v) is 4.46. The summed E-state index contributed by atoms with van der Waals surface area (Å²) in [7, 11) is 0. The van der Waals surface area contributed by atoms with Crippen molar-refractivity contribution in [2.24, 2.45) is 5.92 Å². The summed E-state index contributed by atoms with van der Waals surface area (Å²) < 4.78 is 0. The van der Waals surface area contributed by atoms with Gasteiger partial charge in [0.05, 0.1) is 5.69 Å². The van der Waals surface area contributed by atoms with Crippen LogP contribution in [0, 0.1) is 12.8 Å². The molecule has 4 rings (SSSR count). The van der Waals surface area contributed by atoms with Gasteiger partial charge in [0, 0.05) is 49.0 Å². The van der Waals surface area contributed by atoms with Crippen molar-refractivity contribution < 1.29 is 4.79 Å². The Morgan fingerprint density at radius 3 is 2.27 bits per heavy atom. The first-order valence-corrected chi connectivity index (χ1v) is 11.9. The molecule has 0 atom stereocenters. The van der Waals surface area contributed by atoms with E-state index in [2.05, 4.69) is 70.4 Å². The predicted octanol–water partition coefficient (Wildman–Crippen LogP) is 5.15. The van der Waals surface area contributed by atoms with Crippen molar-refractivity contribution in [2.75, 3.05) is 41.3 Å². The molecule has 1 fully saturated rings. The van der Waals surface area contributed by atoms with Gasteiger partial charge >= 0.3 is 0 Å². The normalized spacial score (nSPS) is 14.2. The second-order valence-corrected chi connectivity index (χ2v) is 8.56. The predicted molar refractivity (Wildman–Crippen MR) is 136 cm³/mol. The molecule has 1 aliphatic heterocycles. The van der Waals surface area contributed by atoms with Crippen LogP contribution < -0.4 is 15.1 Å². The van der Waals surface area contributed by atoms with Crippen molar-refractivity contribution in [3.63, 3.8) is 0 Å². The van der Waals surface area contributed by atoms with Crippen molar-refractivity contribution >= 4 is 23.1 Å². The van der Waals surface area contributed by atoms with Crippen LogP contribution in [0.1, 0.15) is 32.3 Å². The molecule has 1 amide bonds. The number of piperidine rings is 1. The molecule has 0 saturated carbocycles. The highest BCUT2D eigenvalue weighted by atomic mass is 16.1. The number of nitrogens with zero attached hydrogens (tertiary/aromatic N) is 4. The van der Waals surface area contributed by atoms with E-state index in [1.54, 1.807) is 0 Å². The number of hydrogen-bond acceptors (Lipinski definition) is 5. The van der Waals surface area contributed by atoms with Crippen LogP contribution in [-0.2, 0) is 4.79 Å². The van der Waals surface area contributed by atoms with Gasteiger partial charge in [-0.3, -0.25) is 4.79 Å². The van der Waals surface area contributed by atoms with E-state index >= 15 is 0 Å². The van der Waals surface area contributed by atoms with E-state index in [-0.39, 0.29) is 11.8 Å². The zero-order valence-corrected chi connectivity index (χ0v) is 19.8. The Morgan fingerprint density at radius 2 is 1.67 bits per heavy atom. The van der Waals surface area contributed by atoms with Crippen LogP contribution >= 0.6 is 0 Å². The summed E-state index contributed by atoms with van der Waals surface area (Å²) in [6.07, 6.45) is 1.62. The molecule has 1 aromatic heterocycles. The van der Waals surface area contributed by atoms with Gasteiger partial charge in [-0.15, -0.1) is 10.2 Å². The van der Waals surface area contributed by atoms with E-state index in [1.807, 2.05) is 36.4 Å². The third kappa shape index (κ3) is 5.33. The molecule has 0 unspecified atom stereocenters. The van der Waals surface area contributed by atoms with Crippen molar-refractivity contribution in [3.05, 3.63) is 66.2 Å². The van der Waals surface area contributed by atoms with Gasteiger partial charge < -0.3 is 15.1 Å². The van der Waals surface area contributed by atoms with Crippen LogP contribution in [0.2, 0.25) is 0 Å². The van der Waals surface area contributed by atoms with Crippen molar-refractivity contribution in [1.29, 1.82) is 0 Å². The van der Waals surface area contributed by atoms with Gasteiger partial charge in [0.25, 0.3) is 0 Å². The molecule has 1 saturated heterocycles. The largest absolute Gasteiger partial charge is 0.372 e. The third-order valence-corrected chi connectivity index (χ3v) is 6.52. The molecule has 1 N–H and O–H groups in total. The second-order valence-electron chi connectivity index (χ2n) is 8.56. The molecule has 2 heterocycles. The number of anilines is 3. The first-order chi connectivity index (χ1) is 16.1. The number of aromatic nitrogens is 2. The Balaban J connectivity index is 1.31. The highest BCUT2D eigenvalue weighted by Crippen LogP contribution is 2.26. The van der Waals surface area contributed by atoms with Crippen LogP contribution in [-0.4, -0.2) is 42.3 Å². The molecule has 0 aliphatic carbocycles. The number of amides is 1. The van der Waals surface area contributed by atoms with E-state index in [0.29, 0.717) is 0 Å². The lowest BCUT2D eigenvalue weighted by molar-refractivity contribution is -0.120. The Kier molecular flexibility index (Phi) is 7.23. The Labute approximate surface area is 196 Å². The first-order valence-electron chi connectivity index (χ1n) is 11.9. The number of rotatable bonds is 7. The molecule has 0 bridgehead atoms. The smallest absolute Gasteiger partial charge is 0.227 e. The van der Waals surface area contributed by atoms with Gasteiger partial charge in [-0.05, 0) is 75.6 Å². The molecule has 2 aromatic carbocycles. The van der Waals surface area contributed by atoms with Crippen molar-refractivity contribution in [2.45, 2.75) is 33.6 Å². The molecule has 172 valence electrons. The average molecular weight is 444 g/mol. The SMILES string of the molecule is CCN(CC)c1ccc(NC(=O)C2CCN(c3ccc(-c4ccccc4C)nn3)CC2)cc1. The highest BCUT2D eigenvalue weighted by Gasteiger charge is 2.26. The van der Waals surface area contributed by atoms with E-state index in [1.165, 1.54) is 11.3 Å². The summed E-state index contributed by atoms with van der Waals surface area (Å²) in [4.78, 5) is 17.3. The van der Waals surface area contributed by atoms with Gasteiger partial charge in [-0.1, -0.05) is 24.3 Å². The zero-order valence-electron chi connectivity index (χ0n) is 19.8. The second kappa shape index (κ2) is 10.5. The Morgan fingerprint density at radius 1 is 0.970 bits per heavy atom. The monoisotopic (exact) mass is 443 g/mol. The Bertz CT molecular complexity index is 1050. The summed E-state index contributed by atoms with van der Waals surface area (Å²) >= 11 is 0. The lowest BCUT2D eigenvalue weighted by atomic mass is 9.95. The number of carbonyl (C=O) groups excluding carboxylic acids is 1. The minimum atomic E-state index is 0.0166. The van der Waals surface area contributed by atoms with Crippen LogP contribution in [0.3, 0.4) is 0 Å². The maximum absolute atomic E-state index is 12.8. The maximum Gasteiger partial charge on any atom is 0.227 e. The summed E-state index contributed by atoms with van der Waals surface area (Å²) in [6.45, 7) is 9.93. The number of carbonyl (C=O) groups is 1. The molecule has 0 radical (unpaired) electrons. The molecule has 6 heteroatoms. The summed E-state index contributed by atoms with van der Waals surface area (Å²) in [5.41, 5.74) is 5.22. The summed E-state index contributed by atoms with van der Waals surface area (Å²) in [5.74, 6) is 0.993. The minimum absolute atomic E-state index is 0.0166. The molecule has 6 nitrogen and oxygen atoms in total. The molecule has 0 spiro atoms. The summed E-state index contributed by atoms with van der Waals surface area (Å²) in [6, 6.07) is 20.4. The molecule has 33 heavy (non-hydrogen) atoms. The van der Waals surface area contributed by atoms with Crippen LogP contribution in [0.25, 0.3) is 11.3 Å². The third-order valence-electron chi connectivity index (χ3n) is 6.52. The lowest BCUT2D eigenvalue weighted by Crippen LogP contribution is -2.38.